The zero-order valence-electron chi connectivity index (χ0n) is 20.6. The molecule has 0 saturated carbocycles. The van der Waals surface area contributed by atoms with Crippen molar-refractivity contribution in [3.8, 4) is 6.07 Å². The number of ketones is 1. The van der Waals surface area contributed by atoms with Crippen molar-refractivity contribution in [3.05, 3.63) is 128 Å². The highest BCUT2D eigenvalue weighted by molar-refractivity contribution is 6.02. The van der Waals surface area contributed by atoms with E-state index in [1.165, 1.54) is 12.1 Å². The molecule has 3 aromatic rings. The Balaban J connectivity index is 1.78. The number of benzene rings is 3. The second kappa shape index (κ2) is 9.40. The minimum atomic E-state index is -0.597. The summed E-state index contributed by atoms with van der Waals surface area (Å²) in [7, 11) is 0. The standard InChI is InChI=1S/C30H26N4O3/c1-18-8-6-7-11-23(18)28-24(17-31)30(32)33(25-16-22(34(36)37)13-12-19(25)2)26-14-21(15-27(35)29(26)28)20-9-4-3-5-10-20/h3-13,16,21,28H,14-15,32H2,1-2H3/t21-,28-/m0/s1. The number of anilines is 1. The molecule has 0 bridgehead atoms. The number of Topliss-reactive ketones (excluding diaryl/α,β-unsaturated/α-hetero) is 1. The maximum atomic E-state index is 13.9. The number of hydrogen-bond acceptors (Lipinski definition) is 6. The third-order valence-corrected chi connectivity index (χ3v) is 7.38. The lowest BCUT2D eigenvalue weighted by atomic mass is 9.71. The number of nitro benzene ring substituents is 1. The molecular formula is C30H26N4O3. The molecule has 7 nitrogen and oxygen atoms in total. The predicted octanol–water partition coefficient (Wildman–Crippen LogP) is 5.91. The predicted molar refractivity (Wildman–Crippen MR) is 142 cm³/mol. The summed E-state index contributed by atoms with van der Waals surface area (Å²) < 4.78 is 0. The Bertz CT molecular complexity index is 1530. The zero-order chi connectivity index (χ0) is 26.3. The second-order valence-electron chi connectivity index (χ2n) is 9.56. The van der Waals surface area contributed by atoms with E-state index in [1.807, 2.05) is 68.4 Å². The van der Waals surface area contributed by atoms with E-state index < -0.39 is 10.8 Å². The number of rotatable bonds is 4. The molecule has 0 amide bonds. The zero-order valence-corrected chi connectivity index (χ0v) is 20.6. The number of nitrogens with zero attached hydrogens (tertiary/aromatic N) is 3. The van der Waals surface area contributed by atoms with E-state index in [1.54, 1.807) is 11.0 Å². The van der Waals surface area contributed by atoms with Crippen LogP contribution in [0.3, 0.4) is 0 Å². The highest BCUT2D eigenvalue weighted by Crippen LogP contribution is 2.50. The number of hydrogen-bond donors (Lipinski definition) is 1. The molecule has 0 aromatic heterocycles. The Hall–Kier alpha value is -4.70. The van der Waals surface area contributed by atoms with Gasteiger partial charge in [-0.3, -0.25) is 19.8 Å². The van der Waals surface area contributed by atoms with E-state index in [2.05, 4.69) is 6.07 Å². The van der Waals surface area contributed by atoms with Gasteiger partial charge in [0.2, 0.25) is 0 Å². The largest absolute Gasteiger partial charge is 0.384 e. The summed E-state index contributed by atoms with van der Waals surface area (Å²) in [5.41, 5.74) is 12.3. The topological polar surface area (TPSA) is 113 Å². The van der Waals surface area contributed by atoms with Crippen LogP contribution in [0.5, 0.6) is 0 Å². The van der Waals surface area contributed by atoms with E-state index in [9.17, 15) is 20.2 Å². The number of nitrogens with two attached hydrogens (primary N) is 1. The summed E-state index contributed by atoms with van der Waals surface area (Å²) in [6.45, 7) is 3.79. The number of allylic oxidation sites excluding steroid dienone is 3. The molecule has 0 fully saturated rings. The summed E-state index contributed by atoms with van der Waals surface area (Å²) >= 11 is 0. The Morgan fingerprint density at radius 3 is 2.38 bits per heavy atom. The SMILES string of the molecule is Cc1ccccc1[C@H]1C(C#N)=C(N)N(c2cc([N+](=O)[O-])ccc2C)C2=C1C(=O)C[C@@H](c1ccccc1)C2. The third-order valence-electron chi connectivity index (χ3n) is 7.38. The van der Waals surface area contributed by atoms with Crippen LogP contribution in [0, 0.1) is 35.3 Å². The summed E-state index contributed by atoms with van der Waals surface area (Å²) in [5, 5.41) is 21.9. The van der Waals surface area contributed by atoms with Crippen molar-refractivity contribution in [2.75, 3.05) is 4.90 Å². The molecule has 1 aliphatic heterocycles. The van der Waals surface area contributed by atoms with Crippen molar-refractivity contribution in [3.63, 3.8) is 0 Å². The molecule has 2 aliphatic rings. The fourth-order valence-corrected chi connectivity index (χ4v) is 5.54. The Labute approximate surface area is 215 Å². The molecule has 2 N–H and O–H groups in total. The highest BCUT2D eigenvalue weighted by Gasteiger charge is 2.43. The number of carbonyl (C=O) groups excluding carboxylic acids is 1. The molecular weight excluding hydrogens is 464 g/mol. The number of nitro groups is 1. The molecule has 7 heteroatoms. The van der Waals surface area contributed by atoms with Gasteiger partial charge in [-0.25, -0.2) is 0 Å². The van der Waals surface area contributed by atoms with Crippen LogP contribution in [0.25, 0.3) is 0 Å². The van der Waals surface area contributed by atoms with Crippen molar-refractivity contribution in [1.29, 1.82) is 5.26 Å². The van der Waals surface area contributed by atoms with E-state index in [0.717, 1.165) is 22.3 Å². The quantitative estimate of drug-likeness (QED) is 0.359. The molecule has 37 heavy (non-hydrogen) atoms. The van der Waals surface area contributed by atoms with Gasteiger partial charge >= 0.3 is 0 Å². The lowest BCUT2D eigenvalue weighted by molar-refractivity contribution is -0.384. The van der Waals surface area contributed by atoms with Gasteiger partial charge in [0, 0.05) is 29.8 Å². The first-order valence-electron chi connectivity index (χ1n) is 12.1. The second-order valence-corrected chi connectivity index (χ2v) is 9.56. The Kier molecular flexibility index (Phi) is 6.10. The fourth-order valence-electron chi connectivity index (χ4n) is 5.54. The molecule has 0 saturated heterocycles. The number of carbonyl (C=O) groups is 1. The molecule has 1 heterocycles. The van der Waals surface area contributed by atoms with Gasteiger partial charge in [-0.05, 0) is 48.4 Å². The van der Waals surface area contributed by atoms with Crippen molar-refractivity contribution in [1.82, 2.24) is 0 Å². The Morgan fingerprint density at radius 1 is 1.00 bits per heavy atom. The minimum absolute atomic E-state index is 0.0447. The Morgan fingerprint density at radius 2 is 1.70 bits per heavy atom. The molecule has 184 valence electrons. The van der Waals surface area contributed by atoms with Crippen LogP contribution in [0.4, 0.5) is 11.4 Å². The van der Waals surface area contributed by atoms with E-state index in [0.29, 0.717) is 29.8 Å². The van der Waals surface area contributed by atoms with Gasteiger partial charge in [0.25, 0.3) is 5.69 Å². The van der Waals surface area contributed by atoms with Crippen LogP contribution in [0.2, 0.25) is 0 Å². The third kappa shape index (κ3) is 4.07. The van der Waals surface area contributed by atoms with Crippen LogP contribution >= 0.6 is 0 Å². The van der Waals surface area contributed by atoms with Crippen LogP contribution in [-0.4, -0.2) is 10.7 Å². The summed E-state index contributed by atoms with van der Waals surface area (Å²) in [6.07, 6.45) is 0.820. The first-order chi connectivity index (χ1) is 17.8. The number of aryl methyl sites for hydroxylation is 2. The summed E-state index contributed by atoms with van der Waals surface area (Å²) in [4.78, 5) is 26.8. The van der Waals surface area contributed by atoms with Crippen molar-refractivity contribution in [2.45, 2.75) is 38.5 Å². The molecule has 5 rings (SSSR count). The lowest BCUT2D eigenvalue weighted by Gasteiger charge is -2.42. The first-order valence-corrected chi connectivity index (χ1v) is 12.1. The molecule has 0 spiro atoms. The molecule has 1 aliphatic carbocycles. The maximum Gasteiger partial charge on any atom is 0.271 e. The highest BCUT2D eigenvalue weighted by atomic mass is 16.6. The maximum absolute atomic E-state index is 13.9. The molecule has 0 unspecified atom stereocenters. The smallest absolute Gasteiger partial charge is 0.271 e. The monoisotopic (exact) mass is 490 g/mol. The van der Waals surface area contributed by atoms with Gasteiger partial charge in [-0.15, -0.1) is 0 Å². The van der Waals surface area contributed by atoms with E-state index >= 15 is 0 Å². The average molecular weight is 491 g/mol. The van der Waals surface area contributed by atoms with Gasteiger partial charge in [0.1, 0.15) is 5.82 Å². The lowest BCUT2D eigenvalue weighted by Crippen LogP contribution is -2.40. The fraction of sp³-hybridized carbons (Fsp3) is 0.200. The normalized spacial score (nSPS) is 19.5. The van der Waals surface area contributed by atoms with E-state index in [4.69, 9.17) is 5.73 Å². The number of non-ortho nitro benzene ring substituents is 1. The molecule has 0 radical (unpaired) electrons. The number of nitriles is 1. The van der Waals surface area contributed by atoms with Crippen LogP contribution < -0.4 is 10.6 Å². The van der Waals surface area contributed by atoms with Crippen molar-refractivity contribution >= 4 is 17.2 Å². The van der Waals surface area contributed by atoms with Crippen LogP contribution in [-0.2, 0) is 4.79 Å². The summed E-state index contributed by atoms with van der Waals surface area (Å²) in [5.74, 6) is -0.528. The molecule has 3 aromatic carbocycles. The van der Waals surface area contributed by atoms with Gasteiger partial charge in [0.15, 0.2) is 5.78 Å². The first kappa shape index (κ1) is 24.0. The van der Waals surface area contributed by atoms with Crippen molar-refractivity contribution < 1.29 is 9.72 Å². The molecule has 2 atom stereocenters. The average Bonchev–Trinajstić information content (AvgIpc) is 2.89. The van der Waals surface area contributed by atoms with Crippen molar-refractivity contribution in [2.24, 2.45) is 5.73 Å². The van der Waals surface area contributed by atoms with Gasteiger partial charge in [-0.2, -0.15) is 5.26 Å². The van der Waals surface area contributed by atoms with Gasteiger partial charge in [0.05, 0.1) is 28.2 Å². The van der Waals surface area contributed by atoms with Gasteiger partial charge in [-0.1, -0.05) is 60.7 Å². The summed E-state index contributed by atoms with van der Waals surface area (Å²) in [6, 6.07) is 24.4. The van der Waals surface area contributed by atoms with Crippen LogP contribution in [0.1, 0.15) is 46.9 Å². The van der Waals surface area contributed by atoms with E-state index in [-0.39, 0.29) is 28.8 Å². The van der Waals surface area contributed by atoms with Crippen LogP contribution in [0.15, 0.2) is 95.5 Å². The minimum Gasteiger partial charge on any atom is -0.384 e. The van der Waals surface area contributed by atoms with Gasteiger partial charge < -0.3 is 5.73 Å².